The molecule has 1 N–H and O–H groups in total. The van der Waals surface area contributed by atoms with Gasteiger partial charge in [-0.15, -0.1) is 6.58 Å². The first-order valence-corrected chi connectivity index (χ1v) is 8.20. The van der Waals surface area contributed by atoms with Gasteiger partial charge in [0.25, 0.3) is 0 Å². The average molecular weight is 286 g/mol. The first kappa shape index (κ1) is 12.6. The molecule has 0 saturated carbocycles. The van der Waals surface area contributed by atoms with E-state index in [1.165, 1.54) is 0 Å². The highest BCUT2D eigenvalue weighted by Crippen LogP contribution is 2.40. The zero-order chi connectivity index (χ0) is 14.0. The molecule has 0 unspecified atom stereocenters. The lowest BCUT2D eigenvalue weighted by atomic mass is 10.3. The lowest BCUT2D eigenvalue weighted by Crippen LogP contribution is -2.51. The minimum atomic E-state index is -2.99. The maximum absolute atomic E-state index is 9.83. The van der Waals surface area contributed by atoms with Crippen LogP contribution in [0.3, 0.4) is 0 Å². The summed E-state index contributed by atoms with van der Waals surface area (Å²) < 4.78 is 17.7. The second-order valence-electron chi connectivity index (χ2n) is 4.40. The Morgan fingerprint density at radius 2 is 1.65 bits per heavy atom. The number of benzene rings is 2. The molecular weight excluding hydrogens is 272 g/mol. The first-order valence-electron chi connectivity index (χ1n) is 6.27. The van der Waals surface area contributed by atoms with Crippen LogP contribution in [0.4, 0.5) is 0 Å². The fraction of sp³-hybridized carbons (Fsp3) is 0.0667. The predicted octanol–water partition coefficient (Wildman–Crippen LogP) is 3.37. The molecule has 0 fully saturated rings. The molecule has 0 bridgehead atoms. The number of allylic oxidation sites excluding steroid dienone is 1. The number of hydrogen-bond acceptors (Lipinski definition) is 4. The molecule has 0 amide bonds. The minimum Gasteiger partial charge on any atom is -0.504 e. The summed E-state index contributed by atoms with van der Waals surface area (Å²) in [4.78, 5) is 0. The Balaban J connectivity index is 1.92. The van der Waals surface area contributed by atoms with Crippen molar-refractivity contribution in [3.8, 4) is 23.0 Å². The second-order valence-corrected chi connectivity index (χ2v) is 6.78. The number of rotatable bonds is 4. The normalized spacial score (nSPS) is 14.8. The molecule has 0 aliphatic carbocycles. The fourth-order valence-electron chi connectivity index (χ4n) is 2.03. The molecule has 0 atom stereocenters. The molecule has 1 aliphatic heterocycles. The fourth-order valence-corrected chi connectivity index (χ4v) is 4.27. The van der Waals surface area contributed by atoms with Crippen LogP contribution in [0.2, 0.25) is 6.04 Å². The van der Waals surface area contributed by atoms with E-state index in [9.17, 15) is 5.11 Å². The van der Waals surface area contributed by atoms with Gasteiger partial charge in [0, 0.05) is 0 Å². The molecule has 4 nitrogen and oxygen atoms in total. The maximum atomic E-state index is 9.83. The number of phenolic OH excluding ortho intramolecular Hbond substituents is 1. The van der Waals surface area contributed by atoms with Gasteiger partial charge in [-0.1, -0.05) is 30.3 Å². The van der Waals surface area contributed by atoms with E-state index in [1.54, 1.807) is 30.3 Å². The van der Waals surface area contributed by atoms with Gasteiger partial charge in [-0.25, -0.2) is 0 Å². The van der Waals surface area contributed by atoms with Crippen molar-refractivity contribution in [2.75, 3.05) is 0 Å². The third-order valence-electron chi connectivity index (χ3n) is 2.91. The van der Waals surface area contributed by atoms with Crippen LogP contribution in [0, 0.1) is 0 Å². The van der Waals surface area contributed by atoms with Crippen LogP contribution in [0.1, 0.15) is 0 Å². The van der Waals surface area contributed by atoms with Crippen molar-refractivity contribution in [3.05, 3.63) is 61.2 Å². The van der Waals surface area contributed by atoms with Crippen LogP contribution in [0.5, 0.6) is 23.0 Å². The molecule has 0 radical (unpaired) electrons. The number of phenols is 1. The zero-order valence-electron chi connectivity index (χ0n) is 10.8. The molecule has 0 spiro atoms. The molecule has 0 aromatic heterocycles. The number of aromatic hydroxyl groups is 1. The van der Waals surface area contributed by atoms with Gasteiger partial charge < -0.3 is 18.4 Å². The Labute approximate surface area is 118 Å². The molecule has 3 rings (SSSR count). The summed E-state index contributed by atoms with van der Waals surface area (Å²) in [5.74, 6) is 1.74. The van der Waals surface area contributed by atoms with Crippen LogP contribution in [-0.4, -0.2) is 13.9 Å². The number of hydrogen-bond donors (Lipinski definition) is 1. The van der Waals surface area contributed by atoms with Crippen LogP contribution in [-0.2, 0) is 0 Å². The summed E-state index contributed by atoms with van der Waals surface area (Å²) in [6.45, 7) is 3.73. The Morgan fingerprint density at radius 1 is 1.05 bits per heavy atom. The molecule has 1 heterocycles. The topological polar surface area (TPSA) is 47.9 Å². The Hall–Kier alpha value is -2.40. The van der Waals surface area contributed by atoms with Crippen molar-refractivity contribution >= 4 is 8.80 Å². The SMILES string of the molecule is C=CC[Si]1(Oc2ccccc2O)Oc2ccccc2O1. The smallest absolute Gasteiger partial charge is 0.504 e. The van der Waals surface area contributed by atoms with Crippen molar-refractivity contribution in [2.24, 2.45) is 0 Å². The largest absolute Gasteiger partial charge is 0.703 e. The van der Waals surface area contributed by atoms with Crippen molar-refractivity contribution in [2.45, 2.75) is 6.04 Å². The summed E-state index contributed by atoms with van der Waals surface area (Å²) >= 11 is 0. The van der Waals surface area contributed by atoms with Crippen molar-refractivity contribution < 1.29 is 18.4 Å². The van der Waals surface area contributed by atoms with Crippen LogP contribution >= 0.6 is 0 Å². The van der Waals surface area contributed by atoms with Gasteiger partial charge in [0.05, 0.1) is 6.04 Å². The van der Waals surface area contributed by atoms with Crippen LogP contribution in [0.15, 0.2) is 61.2 Å². The Bertz CT molecular complexity index is 616. The van der Waals surface area contributed by atoms with E-state index in [-0.39, 0.29) is 5.75 Å². The van der Waals surface area contributed by atoms with Gasteiger partial charge in [0.2, 0.25) is 0 Å². The lowest BCUT2D eigenvalue weighted by molar-refractivity contribution is 0.297. The summed E-state index contributed by atoms with van der Waals surface area (Å²) in [6.07, 6.45) is 1.71. The quantitative estimate of drug-likeness (QED) is 0.691. The van der Waals surface area contributed by atoms with Gasteiger partial charge in [-0.3, -0.25) is 0 Å². The Morgan fingerprint density at radius 3 is 2.25 bits per heavy atom. The predicted molar refractivity (Wildman–Crippen MR) is 77.2 cm³/mol. The average Bonchev–Trinajstić information content (AvgIpc) is 2.80. The highest BCUT2D eigenvalue weighted by molar-refractivity contribution is 6.64. The minimum absolute atomic E-state index is 0.0617. The van der Waals surface area contributed by atoms with Crippen molar-refractivity contribution in [1.82, 2.24) is 0 Å². The van der Waals surface area contributed by atoms with Crippen LogP contribution < -0.4 is 13.3 Å². The van der Waals surface area contributed by atoms with Gasteiger partial charge in [0.15, 0.2) is 11.5 Å². The molecule has 5 heteroatoms. The van der Waals surface area contributed by atoms with Gasteiger partial charge in [-0.2, -0.15) is 0 Å². The summed E-state index contributed by atoms with van der Waals surface area (Å²) in [6, 6.07) is 14.6. The van der Waals surface area contributed by atoms with Gasteiger partial charge in [0.1, 0.15) is 11.5 Å². The maximum Gasteiger partial charge on any atom is 0.703 e. The Kier molecular flexibility index (Phi) is 3.12. The zero-order valence-corrected chi connectivity index (χ0v) is 11.8. The summed E-state index contributed by atoms with van der Waals surface area (Å²) in [5, 5.41) is 9.83. The van der Waals surface area contributed by atoms with Gasteiger partial charge in [-0.05, 0) is 24.3 Å². The molecule has 2 aromatic rings. The molecule has 0 saturated heterocycles. The molecular formula is C15H14O4Si. The second kappa shape index (κ2) is 4.94. The number of para-hydroxylation sites is 4. The van der Waals surface area contributed by atoms with Crippen molar-refractivity contribution in [1.29, 1.82) is 0 Å². The van der Waals surface area contributed by atoms with E-state index >= 15 is 0 Å². The highest BCUT2D eigenvalue weighted by atomic mass is 28.4. The van der Waals surface area contributed by atoms with E-state index in [0.29, 0.717) is 23.3 Å². The van der Waals surface area contributed by atoms with Crippen molar-refractivity contribution in [3.63, 3.8) is 0 Å². The molecule has 2 aromatic carbocycles. The third-order valence-corrected chi connectivity index (χ3v) is 5.29. The van der Waals surface area contributed by atoms with Crippen LogP contribution in [0.25, 0.3) is 0 Å². The molecule has 1 aliphatic rings. The third kappa shape index (κ3) is 2.23. The number of fused-ring (bicyclic) bond motifs is 1. The summed E-state index contributed by atoms with van der Waals surface area (Å²) in [5.41, 5.74) is 0. The van der Waals surface area contributed by atoms with E-state index < -0.39 is 8.80 Å². The van der Waals surface area contributed by atoms with E-state index in [1.807, 2.05) is 24.3 Å². The monoisotopic (exact) mass is 286 g/mol. The molecule has 102 valence electrons. The van der Waals surface area contributed by atoms with E-state index in [2.05, 4.69) is 6.58 Å². The highest BCUT2D eigenvalue weighted by Gasteiger charge is 2.53. The van der Waals surface area contributed by atoms with E-state index in [0.717, 1.165) is 0 Å². The summed E-state index contributed by atoms with van der Waals surface area (Å²) in [7, 11) is -2.99. The van der Waals surface area contributed by atoms with Gasteiger partial charge >= 0.3 is 8.80 Å². The standard InChI is InChI=1S/C15H14O4Si/c1-2-11-20(17-13-8-4-3-7-12(13)16)18-14-9-5-6-10-15(14)19-20/h2-10,16H,1,11H2. The van der Waals surface area contributed by atoms with E-state index in [4.69, 9.17) is 13.3 Å². The first-order chi connectivity index (χ1) is 9.72. The lowest BCUT2D eigenvalue weighted by Gasteiger charge is -2.22. The molecule has 20 heavy (non-hydrogen) atoms.